The van der Waals surface area contributed by atoms with Gasteiger partial charge < -0.3 is 10.5 Å². The number of hydrogen-bond donors (Lipinski definition) is 2. The number of carbonyl (C=O) groups excluding carboxylic acids is 1. The number of amides is 1. The molecule has 2 rings (SSSR count). The molecule has 22 heavy (non-hydrogen) atoms. The molecule has 4 heteroatoms. The number of methoxy groups -OCH3 is 1. The average Bonchev–Trinajstić information content (AvgIpc) is 2.55. The summed E-state index contributed by atoms with van der Waals surface area (Å²) in [5, 5.41) is 2.61. The van der Waals surface area contributed by atoms with E-state index in [9.17, 15) is 4.79 Å². The van der Waals surface area contributed by atoms with Crippen LogP contribution in [0.15, 0.2) is 48.5 Å². The van der Waals surface area contributed by atoms with Crippen LogP contribution in [0.4, 0.5) is 16.2 Å². The summed E-state index contributed by atoms with van der Waals surface area (Å²) in [5.74, 6) is 0. The van der Waals surface area contributed by atoms with Crippen molar-refractivity contribution in [2.45, 2.75) is 26.7 Å². The maximum Gasteiger partial charge on any atom is 0.411 e. The minimum absolute atomic E-state index is 0.437. The highest BCUT2D eigenvalue weighted by Gasteiger charge is 1.99. The van der Waals surface area contributed by atoms with Crippen LogP contribution in [0.2, 0.25) is 0 Å². The number of nitrogen functional groups attached to an aromatic ring is 1. The molecule has 0 spiro atoms. The molecule has 118 valence electrons. The zero-order chi connectivity index (χ0) is 16.4. The van der Waals surface area contributed by atoms with Gasteiger partial charge in [0, 0.05) is 11.4 Å². The summed E-state index contributed by atoms with van der Waals surface area (Å²) in [6.07, 6.45) is 1.58. The number of carbonyl (C=O) groups is 1. The van der Waals surface area contributed by atoms with Crippen molar-refractivity contribution in [2.75, 3.05) is 18.2 Å². The van der Waals surface area contributed by atoms with Crippen molar-refractivity contribution in [3.05, 3.63) is 59.7 Å². The minimum atomic E-state index is -0.437. The van der Waals surface area contributed by atoms with Crippen LogP contribution >= 0.6 is 0 Å². The lowest BCUT2D eigenvalue weighted by Gasteiger charge is -2.04. The van der Waals surface area contributed by atoms with E-state index in [1.807, 2.05) is 42.5 Å². The number of hydrogen-bond acceptors (Lipinski definition) is 3. The molecule has 0 unspecified atom stereocenters. The number of anilines is 2. The Morgan fingerprint density at radius 1 is 1.05 bits per heavy atom. The lowest BCUT2D eigenvalue weighted by Crippen LogP contribution is -2.10. The predicted octanol–water partition coefficient (Wildman–Crippen LogP) is 4.26. The predicted molar refractivity (Wildman–Crippen MR) is 92.1 cm³/mol. The molecule has 4 nitrogen and oxygen atoms in total. The molecule has 0 aliphatic heterocycles. The van der Waals surface area contributed by atoms with Crippen molar-refractivity contribution in [1.29, 1.82) is 0 Å². The molecule has 0 aliphatic carbocycles. The highest BCUT2D eigenvalue weighted by atomic mass is 16.5. The first-order valence-electron chi connectivity index (χ1n) is 7.37. The molecule has 0 saturated carbocycles. The van der Waals surface area contributed by atoms with Gasteiger partial charge in [-0.05, 0) is 48.2 Å². The quantitative estimate of drug-likeness (QED) is 0.832. The molecule has 1 amide bonds. The van der Waals surface area contributed by atoms with Crippen molar-refractivity contribution >= 4 is 17.5 Å². The van der Waals surface area contributed by atoms with E-state index in [2.05, 4.69) is 30.0 Å². The summed E-state index contributed by atoms with van der Waals surface area (Å²) in [4.78, 5) is 10.8. The van der Waals surface area contributed by atoms with Gasteiger partial charge in [-0.3, -0.25) is 5.32 Å². The van der Waals surface area contributed by atoms with Crippen molar-refractivity contribution in [2.24, 2.45) is 0 Å². The third kappa shape index (κ3) is 6.31. The zero-order valence-electron chi connectivity index (χ0n) is 13.4. The number of aryl methyl sites for hydroxylation is 2. The Bertz CT molecular complexity index is 597. The molecule has 2 aromatic rings. The van der Waals surface area contributed by atoms with Crippen LogP contribution < -0.4 is 11.1 Å². The standard InChI is InChI=1S/C10H13NO2.C8H11N/c1-3-8-5-4-6-9(7-8)11-10(12)13-2;1-2-7-4-3-5-8(9)6-7/h4-7H,3H2,1-2H3,(H,11,12);3-6H,2,9H2,1H3. The van der Waals surface area contributed by atoms with Crippen molar-refractivity contribution in [1.82, 2.24) is 0 Å². The molecule has 3 N–H and O–H groups in total. The van der Waals surface area contributed by atoms with Crippen molar-refractivity contribution in [3.8, 4) is 0 Å². The van der Waals surface area contributed by atoms with Gasteiger partial charge >= 0.3 is 6.09 Å². The molecule has 0 atom stereocenters. The van der Waals surface area contributed by atoms with Crippen LogP contribution in [-0.2, 0) is 17.6 Å². The van der Waals surface area contributed by atoms with Gasteiger partial charge in [0.1, 0.15) is 0 Å². The molecular weight excluding hydrogens is 276 g/mol. The fourth-order valence-corrected chi connectivity index (χ4v) is 1.85. The van der Waals surface area contributed by atoms with Crippen molar-refractivity contribution in [3.63, 3.8) is 0 Å². The first-order valence-corrected chi connectivity index (χ1v) is 7.37. The Labute approximate surface area is 132 Å². The van der Waals surface area contributed by atoms with E-state index >= 15 is 0 Å². The molecule has 0 bridgehead atoms. The smallest absolute Gasteiger partial charge is 0.411 e. The first-order chi connectivity index (χ1) is 10.6. The van der Waals surface area contributed by atoms with E-state index in [4.69, 9.17) is 5.73 Å². The van der Waals surface area contributed by atoms with E-state index in [0.29, 0.717) is 0 Å². The number of benzene rings is 2. The molecule has 0 radical (unpaired) electrons. The highest BCUT2D eigenvalue weighted by molar-refractivity contribution is 5.84. The van der Waals surface area contributed by atoms with Crippen LogP contribution in [0.3, 0.4) is 0 Å². The van der Waals surface area contributed by atoms with Gasteiger partial charge in [0.05, 0.1) is 7.11 Å². The second kappa shape index (κ2) is 9.45. The molecule has 0 aliphatic rings. The highest BCUT2D eigenvalue weighted by Crippen LogP contribution is 2.11. The van der Waals surface area contributed by atoms with E-state index in [1.54, 1.807) is 0 Å². The van der Waals surface area contributed by atoms with Gasteiger partial charge in [0.15, 0.2) is 0 Å². The van der Waals surface area contributed by atoms with E-state index < -0.39 is 6.09 Å². The lowest BCUT2D eigenvalue weighted by atomic mass is 10.1. The molecular formula is C18H24N2O2. The Morgan fingerprint density at radius 3 is 2.14 bits per heavy atom. The van der Waals surface area contributed by atoms with Gasteiger partial charge in [-0.1, -0.05) is 38.1 Å². The average molecular weight is 300 g/mol. The Morgan fingerprint density at radius 2 is 1.64 bits per heavy atom. The van der Waals surface area contributed by atoms with Gasteiger partial charge in [0.25, 0.3) is 0 Å². The number of ether oxygens (including phenoxy) is 1. The maximum atomic E-state index is 10.8. The summed E-state index contributed by atoms with van der Waals surface area (Å²) in [5.41, 5.74) is 9.65. The van der Waals surface area contributed by atoms with E-state index in [1.165, 1.54) is 18.2 Å². The largest absolute Gasteiger partial charge is 0.453 e. The minimum Gasteiger partial charge on any atom is -0.453 e. The van der Waals surface area contributed by atoms with Crippen LogP contribution in [-0.4, -0.2) is 13.2 Å². The zero-order valence-corrected chi connectivity index (χ0v) is 13.4. The number of nitrogens with one attached hydrogen (secondary N) is 1. The molecule has 0 aromatic heterocycles. The van der Waals surface area contributed by atoms with Gasteiger partial charge in [0.2, 0.25) is 0 Å². The van der Waals surface area contributed by atoms with Crippen molar-refractivity contribution < 1.29 is 9.53 Å². The second-order valence-corrected chi connectivity index (χ2v) is 4.77. The van der Waals surface area contributed by atoms with Gasteiger partial charge in [-0.2, -0.15) is 0 Å². The Balaban J connectivity index is 0.000000235. The number of rotatable bonds is 3. The third-order valence-corrected chi connectivity index (χ3v) is 3.13. The summed E-state index contributed by atoms with van der Waals surface area (Å²) in [6.45, 7) is 4.19. The Kier molecular flexibility index (Phi) is 7.54. The summed E-state index contributed by atoms with van der Waals surface area (Å²) in [7, 11) is 1.35. The third-order valence-electron chi connectivity index (χ3n) is 3.13. The van der Waals surface area contributed by atoms with Crippen LogP contribution in [0.25, 0.3) is 0 Å². The van der Waals surface area contributed by atoms with Crippen LogP contribution in [0, 0.1) is 0 Å². The Hall–Kier alpha value is -2.49. The van der Waals surface area contributed by atoms with Gasteiger partial charge in [-0.25, -0.2) is 4.79 Å². The maximum absolute atomic E-state index is 10.8. The monoisotopic (exact) mass is 300 g/mol. The molecule has 2 aromatic carbocycles. The molecule has 0 heterocycles. The summed E-state index contributed by atoms with van der Waals surface area (Å²) >= 11 is 0. The molecule has 0 saturated heterocycles. The van der Waals surface area contributed by atoms with Crippen LogP contribution in [0.5, 0.6) is 0 Å². The lowest BCUT2D eigenvalue weighted by molar-refractivity contribution is 0.187. The normalized spacial score (nSPS) is 9.41. The fourth-order valence-electron chi connectivity index (χ4n) is 1.85. The fraction of sp³-hybridized carbons (Fsp3) is 0.278. The summed E-state index contributed by atoms with van der Waals surface area (Å²) < 4.78 is 4.48. The topological polar surface area (TPSA) is 64.3 Å². The van der Waals surface area contributed by atoms with Gasteiger partial charge in [-0.15, -0.1) is 0 Å². The van der Waals surface area contributed by atoms with Crippen LogP contribution in [0.1, 0.15) is 25.0 Å². The second-order valence-electron chi connectivity index (χ2n) is 4.77. The molecule has 0 fully saturated rings. The van der Waals surface area contributed by atoms with E-state index in [-0.39, 0.29) is 0 Å². The SMILES string of the molecule is CCc1cccc(N)c1.CCc1cccc(NC(=O)OC)c1. The van der Waals surface area contributed by atoms with E-state index in [0.717, 1.165) is 24.2 Å². The number of nitrogens with two attached hydrogens (primary N) is 1. The summed E-state index contributed by atoms with van der Waals surface area (Å²) in [6, 6.07) is 15.6. The first kappa shape index (κ1) is 17.6.